The molecule has 1 heterocycles. The summed E-state index contributed by atoms with van der Waals surface area (Å²) in [6.07, 6.45) is 5.09. The summed E-state index contributed by atoms with van der Waals surface area (Å²) in [6.45, 7) is 18.0. The Balaban J connectivity index is 1.93. The van der Waals surface area contributed by atoms with E-state index < -0.39 is 16.7 Å². The van der Waals surface area contributed by atoms with Gasteiger partial charge >= 0.3 is 0 Å². The van der Waals surface area contributed by atoms with Gasteiger partial charge in [0.2, 0.25) is 5.54 Å². The Hall–Kier alpha value is -0.500. The lowest BCUT2D eigenvalue weighted by Crippen LogP contribution is -2.61. The molecule has 2 aliphatic carbocycles. The molecule has 1 saturated heterocycles. The van der Waals surface area contributed by atoms with Crippen LogP contribution in [0.15, 0.2) is 4.99 Å². The summed E-state index contributed by atoms with van der Waals surface area (Å²) in [5.74, 6) is 0.482. The van der Waals surface area contributed by atoms with Gasteiger partial charge in [0.15, 0.2) is 0 Å². The minimum absolute atomic E-state index is 0.0153. The first-order valence-electron chi connectivity index (χ1n) is 10.4. The number of rotatable bonds is 3. The van der Waals surface area contributed by atoms with Crippen LogP contribution < -0.4 is 0 Å². The molecule has 0 spiro atoms. The van der Waals surface area contributed by atoms with Crippen molar-refractivity contribution in [3.8, 4) is 0 Å². The Bertz CT molecular complexity index is 714. The summed E-state index contributed by atoms with van der Waals surface area (Å²) in [5.41, 5.74) is -2.04. The van der Waals surface area contributed by atoms with Crippen LogP contribution in [0, 0.1) is 24.3 Å². The smallest absolute Gasteiger partial charge is 0.233 e. The molecule has 0 amide bonds. The SMILES string of the molecule is [C-]#[N+][C@@]1(C)CC[C@H]([C@@]2(C)CC[C@@H](C(C)(C)N=C=S)O2)[C@H]2[C@@H](Cl)[C@](C)(O)CC[C@@H]21. The standard InChI is InChI=1S/C22H33ClN2O2S/c1-19(2,25-13-28)16-9-12-22(5,27-16)15-7-10-20(3,24-6)14-8-11-21(4,26)18(23)17(14)15/h14-18,26H,7-12H2,1-5H3/t14-,15-,16-,17-,18+,20-,21+,22+/m0/s1. The number of aliphatic hydroxyl groups is 1. The summed E-state index contributed by atoms with van der Waals surface area (Å²) in [7, 11) is 0. The van der Waals surface area contributed by atoms with Crippen LogP contribution in [-0.2, 0) is 4.74 Å². The highest BCUT2D eigenvalue weighted by Crippen LogP contribution is 2.59. The third kappa shape index (κ3) is 3.57. The van der Waals surface area contributed by atoms with Gasteiger partial charge in [-0.3, -0.25) is 0 Å². The molecule has 0 aromatic carbocycles. The van der Waals surface area contributed by atoms with Crippen molar-refractivity contribution in [1.82, 2.24) is 0 Å². The molecule has 1 aliphatic heterocycles. The molecule has 3 fully saturated rings. The van der Waals surface area contributed by atoms with Gasteiger partial charge in [-0.25, -0.2) is 11.6 Å². The van der Waals surface area contributed by atoms with Gasteiger partial charge in [-0.15, -0.1) is 11.6 Å². The number of hydrogen-bond acceptors (Lipinski definition) is 4. The van der Waals surface area contributed by atoms with Crippen molar-refractivity contribution in [1.29, 1.82) is 0 Å². The van der Waals surface area contributed by atoms with Crippen LogP contribution in [0.5, 0.6) is 0 Å². The molecule has 0 radical (unpaired) electrons. The topological polar surface area (TPSA) is 46.2 Å². The molecule has 6 heteroatoms. The van der Waals surface area contributed by atoms with Crippen LogP contribution in [0.2, 0.25) is 0 Å². The highest BCUT2D eigenvalue weighted by Gasteiger charge is 2.63. The van der Waals surface area contributed by atoms with Gasteiger partial charge < -0.3 is 14.7 Å². The summed E-state index contributed by atoms with van der Waals surface area (Å²) >= 11 is 11.8. The van der Waals surface area contributed by atoms with Crippen LogP contribution in [0.4, 0.5) is 0 Å². The second kappa shape index (κ2) is 7.33. The van der Waals surface area contributed by atoms with Crippen molar-refractivity contribution in [2.75, 3.05) is 0 Å². The van der Waals surface area contributed by atoms with Gasteiger partial charge in [0.1, 0.15) is 0 Å². The van der Waals surface area contributed by atoms with E-state index in [9.17, 15) is 5.11 Å². The second-order valence-electron chi connectivity index (χ2n) is 10.4. The fraction of sp³-hybridized carbons (Fsp3) is 0.909. The predicted molar refractivity (Wildman–Crippen MR) is 116 cm³/mol. The number of halogens is 1. The van der Waals surface area contributed by atoms with E-state index >= 15 is 0 Å². The third-order valence-corrected chi connectivity index (χ3v) is 8.91. The van der Waals surface area contributed by atoms with E-state index in [0.29, 0.717) is 6.42 Å². The van der Waals surface area contributed by atoms with Gasteiger partial charge in [0.05, 0.1) is 33.4 Å². The maximum atomic E-state index is 10.9. The molecule has 1 N–H and O–H groups in total. The summed E-state index contributed by atoms with van der Waals surface area (Å²) in [5, 5.41) is 13.1. The van der Waals surface area contributed by atoms with E-state index in [1.807, 2.05) is 20.8 Å². The van der Waals surface area contributed by atoms with Crippen LogP contribution >= 0.6 is 23.8 Å². The Morgan fingerprint density at radius 3 is 2.43 bits per heavy atom. The van der Waals surface area contributed by atoms with Gasteiger partial charge in [0, 0.05) is 19.3 Å². The maximum absolute atomic E-state index is 10.9. The van der Waals surface area contributed by atoms with Crippen molar-refractivity contribution in [3.05, 3.63) is 11.4 Å². The maximum Gasteiger partial charge on any atom is 0.233 e. The van der Waals surface area contributed by atoms with Crippen LogP contribution in [-0.4, -0.2) is 44.0 Å². The van der Waals surface area contributed by atoms with Crippen molar-refractivity contribution in [2.45, 2.75) is 107 Å². The molecule has 156 valence electrons. The molecule has 3 rings (SSSR count). The van der Waals surface area contributed by atoms with Crippen LogP contribution in [0.3, 0.4) is 0 Å². The molecule has 0 aromatic rings. The number of hydrogen-bond donors (Lipinski definition) is 1. The molecule has 8 atom stereocenters. The quantitative estimate of drug-likeness (QED) is 0.290. The monoisotopic (exact) mass is 424 g/mol. The zero-order chi connectivity index (χ0) is 21.0. The minimum Gasteiger partial charge on any atom is -0.389 e. The van der Waals surface area contributed by atoms with Crippen LogP contribution in [0.1, 0.15) is 73.1 Å². The van der Waals surface area contributed by atoms with E-state index in [4.69, 9.17) is 35.1 Å². The lowest BCUT2D eigenvalue weighted by Gasteiger charge is -2.55. The van der Waals surface area contributed by atoms with E-state index in [2.05, 4.69) is 28.8 Å². The lowest BCUT2D eigenvalue weighted by atomic mass is 9.53. The van der Waals surface area contributed by atoms with Gasteiger partial charge in [-0.1, -0.05) is 0 Å². The number of ether oxygens (including phenoxy) is 1. The largest absolute Gasteiger partial charge is 0.389 e. The predicted octanol–water partition coefficient (Wildman–Crippen LogP) is 5.28. The molecular weight excluding hydrogens is 392 g/mol. The Labute approximate surface area is 179 Å². The lowest BCUT2D eigenvalue weighted by molar-refractivity contribution is -0.144. The summed E-state index contributed by atoms with van der Waals surface area (Å²) in [6, 6.07) is 0. The normalized spacial score (nSPS) is 49.0. The van der Waals surface area contributed by atoms with E-state index in [1.54, 1.807) is 0 Å². The van der Waals surface area contributed by atoms with Crippen molar-refractivity contribution >= 4 is 29.0 Å². The average Bonchev–Trinajstić information content (AvgIpc) is 3.03. The molecule has 0 bridgehead atoms. The first kappa shape index (κ1) is 22.2. The molecule has 4 nitrogen and oxygen atoms in total. The summed E-state index contributed by atoms with van der Waals surface area (Å²) in [4.78, 5) is 8.38. The molecule has 3 aliphatic rings. The average molecular weight is 425 g/mol. The van der Waals surface area contributed by atoms with Crippen molar-refractivity contribution in [2.24, 2.45) is 22.7 Å². The number of thiocarbonyl (C=S) groups is 1. The summed E-state index contributed by atoms with van der Waals surface area (Å²) < 4.78 is 6.68. The van der Waals surface area contributed by atoms with Crippen molar-refractivity contribution < 1.29 is 9.84 Å². The number of isothiocyanates is 1. The fourth-order valence-electron chi connectivity index (χ4n) is 6.10. The highest BCUT2D eigenvalue weighted by molar-refractivity contribution is 7.78. The fourth-order valence-corrected chi connectivity index (χ4v) is 6.80. The molecule has 0 unspecified atom stereocenters. The van der Waals surface area contributed by atoms with E-state index in [1.165, 1.54) is 0 Å². The van der Waals surface area contributed by atoms with Crippen LogP contribution in [0.25, 0.3) is 4.85 Å². The number of nitrogens with zero attached hydrogens (tertiary/aromatic N) is 2. The first-order chi connectivity index (χ1) is 12.9. The third-order valence-electron chi connectivity index (χ3n) is 8.06. The van der Waals surface area contributed by atoms with Gasteiger partial charge in [-0.2, -0.15) is 0 Å². The molecule has 0 aromatic heterocycles. The molecule has 2 saturated carbocycles. The minimum atomic E-state index is -0.906. The Morgan fingerprint density at radius 1 is 1.18 bits per heavy atom. The number of aliphatic imine (C=N–C) groups is 1. The first-order valence-corrected chi connectivity index (χ1v) is 11.3. The Morgan fingerprint density at radius 2 is 1.82 bits per heavy atom. The van der Waals surface area contributed by atoms with Gasteiger partial charge in [-0.05, 0) is 83.9 Å². The molecular formula is C22H33ClN2O2S. The molecule has 28 heavy (non-hydrogen) atoms. The van der Waals surface area contributed by atoms with Crippen molar-refractivity contribution in [3.63, 3.8) is 0 Å². The van der Waals surface area contributed by atoms with E-state index in [0.717, 1.165) is 32.1 Å². The number of alkyl halides is 1. The Kier molecular flexibility index (Phi) is 5.81. The zero-order valence-corrected chi connectivity index (χ0v) is 19.2. The number of fused-ring (bicyclic) bond motifs is 1. The van der Waals surface area contributed by atoms with E-state index in [-0.39, 0.29) is 34.8 Å². The zero-order valence-electron chi connectivity index (χ0n) is 17.7. The van der Waals surface area contributed by atoms with Gasteiger partial charge in [0.25, 0.3) is 0 Å². The highest BCUT2D eigenvalue weighted by atomic mass is 35.5. The second-order valence-corrected chi connectivity index (χ2v) is 11.1.